The van der Waals surface area contributed by atoms with Crippen LogP contribution in [0.25, 0.3) is 0 Å². The third-order valence-electron chi connectivity index (χ3n) is 4.66. The van der Waals surface area contributed by atoms with Crippen LogP contribution in [-0.2, 0) is 16.1 Å². The summed E-state index contributed by atoms with van der Waals surface area (Å²) >= 11 is 0. The molecule has 2 saturated heterocycles. The molecule has 0 aromatic heterocycles. The number of benzene rings is 1. The lowest BCUT2D eigenvalue weighted by molar-refractivity contribution is -0.147. The maximum absolute atomic E-state index is 13.2. The fourth-order valence-electron chi connectivity index (χ4n) is 3.40. The van der Waals surface area contributed by atoms with Crippen molar-refractivity contribution in [3.05, 3.63) is 35.4 Å². The highest BCUT2D eigenvalue weighted by atomic mass is 19.2. The molecule has 2 fully saturated rings. The highest BCUT2D eigenvalue weighted by Crippen LogP contribution is 2.24. The van der Waals surface area contributed by atoms with Gasteiger partial charge in [-0.2, -0.15) is 0 Å². The molecule has 24 heavy (non-hydrogen) atoms. The van der Waals surface area contributed by atoms with Gasteiger partial charge < -0.3 is 15.5 Å². The van der Waals surface area contributed by atoms with Crippen molar-refractivity contribution in [1.29, 1.82) is 0 Å². The Labute approximate surface area is 139 Å². The van der Waals surface area contributed by atoms with E-state index in [1.54, 1.807) is 4.90 Å². The molecule has 0 saturated carbocycles. The standard InChI is InChI=1S/C17H21F2N3O2/c1-2-3-14-17(24)22-9-11(7-15(22)16(23)21-14)20-8-10-4-5-12(18)13(19)6-10/h4-6,11,14-15,20H,2-3,7-9H2,1H3,(H,21,23)/t11-,14-,15-/m0/s1. The molecule has 2 aliphatic heterocycles. The molecule has 0 unspecified atom stereocenters. The van der Waals surface area contributed by atoms with Crippen molar-refractivity contribution in [2.24, 2.45) is 0 Å². The summed E-state index contributed by atoms with van der Waals surface area (Å²) in [5, 5.41) is 6.02. The van der Waals surface area contributed by atoms with Crippen molar-refractivity contribution in [2.45, 2.75) is 50.9 Å². The number of piperazine rings is 1. The number of amides is 2. The minimum Gasteiger partial charge on any atom is -0.343 e. The van der Waals surface area contributed by atoms with Crippen molar-refractivity contribution in [2.75, 3.05) is 6.54 Å². The third kappa shape index (κ3) is 3.26. The molecular weight excluding hydrogens is 316 g/mol. The Hall–Kier alpha value is -2.02. The van der Waals surface area contributed by atoms with Crippen LogP contribution >= 0.6 is 0 Å². The molecule has 7 heteroatoms. The van der Waals surface area contributed by atoms with Crippen molar-refractivity contribution >= 4 is 11.8 Å². The Kier molecular flexibility index (Phi) is 4.80. The monoisotopic (exact) mass is 337 g/mol. The van der Waals surface area contributed by atoms with Gasteiger partial charge in [-0.15, -0.1) is 0 Å². The molecule has 0 bridgehead atoms. The zero-order valence-corrected chi connectivity index (χ0v) is 13.5. The number of nitrogens with zero attached hydrogens (tertiary/aromatic N) is 1. The van der Waals surface area contributed by atoms with E-state index in [0.29, 0.717) is 31.5 Å². The smallest absolute Gasteiger partial charge is 0.245 e. The van der Waals surface area contributed by atoms with Gasteiger partial charge in [-0.25, -0.2) is 8.78 Å². The fraction of sp³-hybridized carbons (Fsp3) is 0.529. The maximum Gasteiger partial charge on any atom is 0.245 e. The second-order valence-electron chi connectivity index (χ2n) is 6.42. The summed E-state index contributed by atoms with van der Waals surface area (Å²) in [5.41, 5.74) is 0.624. The second kappa shape index (κ2) is 6.84. The minimum atomic E-state index is -0.880. The maximum atomic E-state index is 13.2. The molecule has 1 aromatic rings. The zero-order chi connectivity index (χ0) is 17.3. The number of carbonyl (C=O) groups is 2. The van der Waals surface area contributed by atoms with E-state index in [1.807, 2.05) is 6.92 Å². The molecule has 130 valence electrons. The molecule has 2 aliphatic rings. The Morgan fingerprint density at radius 1 is 1.29 bits per heavy atom. The van der Waals surface area contributed by atoms with Crippen LogP contribution in [0.1, 0.15) is 31.7 Å². The average Bonchev–Trinajstić information content (AvgIpc) is 2.99. The first-order chi connectivity index (χ1) is 11.5. The molecule has 2 heterocycles. The first-order valence-corrected chi connectivity index (χ1v) is 8.27. The van der Waals surface area contributed by atoms with Crippen LogP contribution < -0.4 is 10.6 Å². The predicted molar refractivity (Wildman–Crippen MR) is 83.9 cm³/mol. The van der Waals surface area contributed by atoms with E-state index in [1.165, 1.54) is 6.07 Å². The van der Waals surface area contributed by atoms with Crippen LogP contribution in [0.2, 0.25) is 0 Å². The van der Waals surface area contributed by atoms with Gasteiger partial charge >= 0.3 is 0 Å². The van der Waals surface area contributed by atoms with Crippen LogP contribution in [0.4, 0.5) is 8.78 Å². The summed E-state index contributed by atoms with van der Waals surface area (Å²) < 4.78 is 26.2. The van der Waals surface area contributed by atoms with Gasteiger partial charge in [-0.1, -0.05) is 19.4 Å². The van der Waals surface area contributed by atoms with E-state index >= 15 is 0 Å². The van der Waals surface area contributed by atoms with Gasteiger partial charge in [0.1, 0.15) is 12.1 Å². The summed E-state index contributed by atoms with van der Waals surface area (Å²) in [6, 6.07) is 2.86. The SMILES string of the molecule is CCC[C@@H]1NC(=O)[C@@H]2C[C@H](NCc3ccc(F)c(F)c3)CN2C1=O. The highest BCUT2D eigenvalue weighted by Gasteiger charge is 2.45. The number of nitrogens with one attached hydrogen (secondary N) is 2. The fourth-order valence-corrected chi connectivity index (χ4v) is 3.40. The Morgan fingerprint density at radius 2 is 2.08 bits per heavy atom. The number of carbonyl (C=O) groups excluding carboxylic acids is 2. The first kappa shape index (κ1) is 16.8. The summed E-state index contributed by atoms with van der Waals surface area (Å²) in [6.07, 6.45) is 1.99. The Morgan fingerprint density at radius 3 is 2.79 bits per heavy atom. The molecule has 2 amide bonds. The van der Waals surface area contributed by atoms with E-state index in [0.717, 1.165) is 18.6 Å². The van der Waals surface area contributed by atoms with Crippen LogP contribution in [0.5, 0.6) is 0 Å². The van der Waals surface area contributed by atoms with Crippen LogP contribution in [-0.4, -0.2) is 41.4 Å². The Bertz CT molecular complexity index is 653. The van der Waals surface area contributed by atoms with Crippen LogP contribution in [0.3, 0.4) is 0 Å². The lowest BCUT2D eigenvalue weighted by Gasteiger charge is -2.34. The van der Waals surface area contributed by atoms with E-state index in [9.17, 15) is 18.4 Å². The highest BCUT2D eigenvalue weighted by molar-refractivity contribution is 5.97. The molecule has 0 radical (unpaired) electrons. The third-order valence-corrected chi connectivity index (χ3v) is 4.66. The number of halogens is 2. The summed E-state index contributed by atoms with van der Waals surface area (Å²) in [7, 11) is 0. The van der Waals surface area contributed by atoms with Crippen molar-refractivity contribution in [3.8, 4) is 0 Å². The van der Waals surface area contributed by atoms with E-state index < -0.39 is 23.7 Å². The van der Waals surface area contributed by atoms with E-state index in [4.69, 9.17) is 0 Å². The lowest BCUT2D eigenvalue weighted by atomic mass is 10.0. The molecule has 0 aliphatic carbocycles. The van der Waals surface area contributed by atoms with Gasteiger partial charge in [0, 0.05) is 19.1 Å². The van der Waals surface area contributed by atoms with Crippen LogP contribution in [0.15, 0.2) is 18.2 Å². The summed E-state index contributed by atoms with van der Waals surface area (Å²) in [6.45, 7) is 2.79. The minimum absolute atomic E-state index is 0.0291. The lowest BCUT2D eigenvalue weighted by Crippen LogP contribution is -2.61. The van der Waals surface area contributed by atoms with Gasteiger partial charge in [0.05, 0.1) is 0 Å². The van der Waals surface area contributed by atoms with Gasteiger partial charge in [0.25, 0.3) is 0 Å². The quantitative estimate of drug-likeness (QED) is 0.852. The largest absolute Gasteiger partial charge is 0.343 e. The number of hydrogen-bond donors (Lipinski definition) is 2. The second-order valence-corrected chi connectivity index (χ2v) is 6.42. The topological polar surface area (TPSA) is 61.4 Å². The summed E-state index contributed by atoms with van der Waals surface area (Å²) in [5.74, 6) is -1.89. The van der Waals surface area contributed by atoms with Gasteiger partial charge in [-0.3, -0.25) is 9.59 Å². The number of rotatable bonds is 5. The van der Waals surface area contributed by atoms with Crippen molar-refractivity contribution in [1.82, 2.24) is 15.5 Å². The molecular formula is C17H21F2N3O2. The van der Waals surface area contributed by atoms with Crippen molar-refractivity contribution < 1.29 is 18.4 Å². The Balaban J connectivity index is 1.61. The first-order valence-electron chi connectivity index (χ1n) is 8.27. The molecule has 1 aromatic carbocycles. The molecule has 5 nitrogen and oxygen atoms in total. The van der Waals surface area contributed by atoms with Crippen LogP contribution in [0, 0.1) is 11.6 Å². The number of fused-ring (bicyclic) bond motifs is 1. The summed E-state index contributed by atoms with van der Waals surface area (Å²) in [4.78, 5) is 26.3. The molecule has 3 rings (SSSR count). The molecule has 2 N–H and O–H groups in total. The van der Waals surface area contributed by atoms with Gasteiger partial charge in [0.2, 0.25) is 11.8 Å². The normalized spacial score (nSPS) is 26.5. The number of hydrogen-bond acceptors (Lipinski definition) is 3. The average molecular weight is 337 g/mol. The molecule has 3 atom stereocenters. The van der Waals surface area contributed by atoms with E-state index in [2.05, 4.69) is 10.6 Å². The van der Waals surface area contributed by atoms with Gasteiger partial charge in [-0.05, 0) is 30.5 Å². The van der Waals surface area contributed by atoms with E-state index in [-0.39, 0.29) is 17.9 Å². The van der Waals surface area contributed by atoms with Crippen molar-refractivity contribution in [3.63, 3.8) is 0 Å². The molecule has 0 spiro atoms. The predicted octanol–water partition coefficient (Wildman–Crippen LogP) is 1.32. The van der Waals surface area contributed by atoms with Gasteiger partial charge in [0.15, 0.2) is 11.6 Å². The zero-order valence-electron chi connectivity index (χ0n) is 13.5.